The third kappa shape index (κ3) is 5.06. The van der Waals surface area contributed by atoms with Crippen LogP contribution in [0.1, 0.15) is 32.0 Å². The number of rotatable bonds is 3. The molecule has 0 saturated carbocycles. The zero-order chi connectivity index (χ0) is 25.5. The summed E-state index contributed by atoms with van der Waals surface area (Å²) in [5.74, 6) is 0.369. The molecule has 0 unspecified atom stereocenters. The Labute approximate surface area is 200 Å². The highest BCUT2D eigenvalue weighted by Crippen LogP contribution is 2.36. The fraction of sp³-hybridized carbons (Fsp3) is 0.240. The first-order valence-electron chi connectivity index (χ1n) is 10.8. The Hall–Kier alpha value is -4.08. The van der Waals surface area contributed by atoms with Crippen molar-refractivity contribution in [2.24, 2.45) is 7.05 Å². The summed E-state index contributed by atoms with van der Waals surface area (Å²) in [7, 11) is 1.79. The number of urea groups is 1. The monoisotopic (exact) mass is 482 g/mol. The Morgan fingerprint density at radius 3 is 2.26 bits per heavy atom. The van der Waals surface area contributed by atoms with Crippen LogP contribution in [0.5, 0.6) is 0 Å². The molecule has 0 aliphatic rings. The molecule has 4 N–H and O–H groups in total. The van der Waals surface area contributed by atoms with Crippen LogP contribution in [0.2, 0.25) is 0 Å². The van der Waals surface area contributed by atoms with Gasteiger partial charge in [-0.3, -0.25) is 0 Å². The van der Waals surface area contributed by atoms with Gasteiger partial charge in [0.25, 0.3) is 0 Å². The number of halogens is 3. The number of pyridine rings is 1. The largest absolute Gasteiger partial charge is 0.416 e. The second kappa shape index (κ2) is 8.61. The van der Waals surface area contributed by atoms with Gasteiger partial charge in [0.2, 0.25) is 0 Å². The van der Waals surface area contributed by atoms with Crippen molar-refractivity contribution in [2.45, 2.75) is 32.4 Å². The first kappa shape index (κ1) is 24.1. The van der Waals surface area contributed by atoms with Gasteiger partial charge in [-0.2, -0.15) is 18.3 Å². The standard InChI is InChI=1S/C25H25F3N6O/c1-24(2,3)19-13-18(20-21(29)33-34(4)22(20)32-19)14-8-10-16(11-9-14)30-23(35)31-17-7-5-6-15(12-17)25(26,27)28/h5-13H,1-4H3,(H2,29,33)(H2,30,31,35). The highest BCUT2D eigenvalue weighted by Gasteiger charge is 2.30. The molecular weight excluding hydrogens is 457 g/mol. The summed E-state index contributed by atoms with van der Waals surface area (Å²) in [6.45, 7) is 6.21. The minimum Gasteiger partial charge on any atom is -0.382 e. The summed E-state index contributed by atoms with van der Waals surface area (Å²) >= 11 is 0. The summed E-state index contributed by atoms with van der Waals surface area (Å²) in [6, 6.07) is 12.8. The first-order valence-corrected chi connectivity index (χ1v) is 10.8. The molecule has 0 spiro atoms. The van der Waals surface area contributed by atoms with Crippen LogP contribution in [-0.2, 0) is 18.6 Å². The predicted molar refractivity (Wildman–Crippen MR) is 131 cm³/mol. The number of nitrogen functional groups attached to an aromatic ring is 1. The van der Waals surface area contributed by atoms with E-state index in [1.165, 1.54) is 12.1 Å². The number of fused-ring (bicyclic) bond motifs is 1. The molecule has 7 nitrogen and oxygen atoms in total. The van der Waals surface area contributed by atoms with Gasteiger partial charge in [0.1, 0.15) is 0 Å². The molecule has 4 rings (SSSR count). The number of hydrogen-bond donors (Lipinski definition) is 3. The molecule has 0 atom stereocenters. The van der Waals surface area contributed by atoms with E-state index in [4.69, 9.17) is 10.7 Å². The van der Waals surface area contributed by atoms with Gasteiger partial charge in [-0.25, -0.2) is 14.5 Å². The van der Waals surface area contributed by atoms with Crippen LogP contribution in [-0.4, -0.2) is 20.8 Å². The van der Waals surface area contributed by atoms with Crippen molar-refractivity contribution < 1.29 is 18.0 Å². The molecular formula is C25H25F3N6O. The van der Waals surface area contributed by atoms with Crippen molar-refractivity contribution in [3.05, 3.63) is 65.9 Å². The lowest BCUT2D eigenvalue weighted by Crippen LogP contribution is -2.19. The molecule has 0 fully saturated rings. The molecule has 0 saturated heterocycles. The number of nitrogens with zero attached hydrogens (tertiary/aromatic N) is 3. The van der Waals surface area contributed by atoms with Crippen molar-refractivity contribution in [1.29, 1.82) is 0 Å². The molecule has 2 amide bonds. The molecule has 0 aliphatic carbocycles. The third-order valence-electron chi connectivity index (χ3n) is 5.49. The Morgan fingerprint density at radius 2 is 1.63 bits per heavy atom. The maximum Gasteiger partial charge on any atom is 0.416 e. The number of hydrogen-bond acceptors (Lipinski definition) is 4. The van der Waals surface area contributed by atoms with Crippen LogP contribution in [0.3, 0.4) is 0 Å². The van der Waals surface area contributed by atoms with Gasteiger partial charge in [0.15, 0.2) is 11.5 Å². The fourth-order valence-electron chi connectivity index (χ4n) is 3.69. The number of aryl methyl sites for hydroxylation is 1. The average molecular weight is 483 g/mol. The highest BCUT2D eigenvalue weighted by atomic mass is 19.4. The van der Waals surface area contributed by atoms with Crippen LogP contribution in [0.25, 0.3) is 22.2 Å². The second-order valence-electron chi connectivity index (χ2n) is 9.25. The van der Waals surface area contributed by atoms with Gasteiger partial charge < -0.3 is 16.4 Å². The third-order valence-corrected chi connectivity index (χ3v) is 5.49. The quantitative estimate of drug-likeness (QED) is 0.325. The highest BCUT2D eigenvalue weighted by molar-refractivity contribution is 6.02. The van der Waals surface area contributed by atoms with E-state index in [1.807, 2.05) is 18.2 Å². The van der Waals surface area contributed by atoms with Crippen molar-refractivity contribution in [3.63, 3.8) is 0 Å². The van der Waals surface area contributed by atoms with E-state index in [0.717, 1.165) is 34.3 Å². The smallest absolute Gasteiger partial charge is 0.382 e. The fourth-order valence-corrected chi connectivity index (χ4v) is 3.69. The lowest BCUT2D eigenvalue weighted by atomic mass is 9.89. The lowest BCUT2D eigenvalue weighted by molar-refractivity contribution is -0.137. The maximum atomic E-state index is 12.9. The molecule has 2 aromatic carbocycles. The van der Waals surface area contributed by atoms with Crippen LogP contribution >= 0.6 is 0 Å². The minimum absolute atomic E-state index is 0.0369. The van der Waals surface area contributed by atoms with Crippen LogP contribution in [0.15, 0.2) is 54.6 Å². The SMILES string of the molecule is Cn1nc(N)c2c(-c3ccc(NC(=O)Nc4cccc(C(F)(F)F)c4)cc3)cc(C(C)(C)C)nc21. The Balaban J connectivity index is 1.59. The van der Waals surface area contributed by atoms with E-state index >= 15 is 0 Å². The second-order valence-corrected chi connectivity index (χ2v) is 9.25. The van der Waals surface area contributed by atoms with Gasteiger partial charge in [-0.05, 0) is 47.5 Å². The maximum absolute atomic E-state index is 12.9. The van der Waals surface area contributed by atoms with Crippen LogP contribution < -0.4 is 16.4 Å². The zero-order valence-electron chi connectivity index (χ0n) is 19.7. The van der Waals surface area contributed by atoms with Crippen molar-refractivity contribution in [2.75, 3.05) is 16.4 Å². The molecule has 2 aromatic heterocycles. The number of benzene rings is 2. The van der Waals surface area contributed by atoms with Gasteiger partial charge in [-0.15, -0.1) is 0 Å². The van der Waals surface area contributed by atoms with E-state index in [2.05, 4.69) is 36.5 Å². The topological polar surface area (TPSA) is 97.9 Å². The molecule has 0 aliphatic heterocycles. The van der Waals surface area contributed by atoms with Gasteiger partial charge in [0, 0.05) is 29.5 Å². The van der Waals surface area contributed by atoms with Gasteiger partial charge in [-0.1, -0.05) is 39.0 Å². The van der Waals surface area contributed by atoms with E-state index in [9.17, 15) is 18.0 Å². The summed E-state index contributed by atoms with van der Waals surface area (Å²) in [5, 5.41) is 10.1. The van der Waals surface area contributed by atoms with E-state index in [0.29, 0.717) is 17.2 Å². The number of nitrogens with one attached hydrogen (secondary N) is 2. The number of anilines is 3. The predicted octanol–water partition coefficient (Wildman–Crippen LogP) is 6.18. The number of nitrogens with two attached hydrogens (primary N) is 1. The Morgan fingerprint density at radius 1 is 0.971 bits per heavy atom. The average Bonchev–Trinajstić information content (AvgIpc) is 3.06. The molecule has 2 heterocycles. The molecule has 0 bridgehead atoms. The van der Waals surface area contributed by atoms with Crippen LogP contribution in [0.4, 0.5) is 35.2 Å². The lowest BCUT2D eigenvalue weighted by Gasteiger charge is -2.19. The summed E-state index contributed by atoms with van der Waals surface area (Å²) < 4.78 is 40.3. The summed E-state index contributed by atoms with van der Waals surface area (Å²) in [4.78, 5) is 17.1. The molecule has 10 heteroatoms. The van der Waals surface area contributed by atoms with E-state index in [-0.39, 0.29) is 11.1 Å². The van der Waals surface area contributed by atoms with Crippen molar-refractivity contribution >= 4 is 34.3 Å². The number of carbonyl (C=O) groups is 1. The number of aromatic nitrogens is 3. The molecule has 0 radical (unpaired) electrons. The Bertz CT molecular complexity index is 1400. The number of alkyl halides is 3. The van der Waals surface area contributed by atoms with Crippen LogP contribution in [0, 0.1) is 0 Å². The molecule has 35 heavy (non-hydrogen) atoms. The van der Waals surface area contributed by atoms with E-state index < -0.39 is 17.8 Å². The summed E-state index contributed by atoms with van der Waals surface area (Å²) in [5.41, 5.74) is 8.91. The van der Waals surface area contributed by atoms with E-state index in [1.54, 1.807) is 23.9 Å². The van der Waals surface area contributed by atoms with Gasteiger partial charge in [0.05, 0.1) is 10.9 Å². The first-order chi connectivity index (χ1) is 16.3. The van der Waals surface area contributed by atoms with Crippen molar-refractivity contribution in [3.8, 4) is 11.1 Å². The minimum atomic E-state index is -4.49. The molecule has 4 aromatic rings. The normalized spacial score (nSPS) is 12.1. The zero-order valence-corrected chi connectivity index (χ0v) is 19.7. The Kier molecular flexibility index (Phi) is 5.92. The summed E-state index contributed by atoms with van der Waals surface area (Å²) in [6.07, 6.45) is -4.49. The van der Waals surface area contributed by atoms with Gasteiger partial charge >= 0.3 is 12.2 Å². The van der Waals surface area contributed by atoms with Crippen molar-refractivity contribution in [1.82, 2.24) is 14.8 Å². The molecule has 182 valence electrons. The number of amides is 2. The number of carbonyl (C=O) groups excluding carboxylic acids is 1.